The first-order valence-corrected chi connectivity index (χ1v) is 8.55. The molecule has 0 saturated carbocycles. The van der Waals surface area contributed by atoms with Gasteiger partial charge in [0.2, 0.25) is 0 Å². The predicted molar refractivity (Wildman–Crippen MR) is 95.2 cm³/mol. The smallest absolute Gasteiger partial charge is 0.400 e. The molecule has 0 N–H and O–H groups in total. The van der Waals surface area contributed by atoms with Gasteiger partial charge in [-0.05, 0) is 52.5 Å². The molecule has 1 aromatic rings. The van der Waals surface area contributed by atoms with Crippen molar-refractivity contribution in [2.75, 3.05) is 6.61 Å². The van der Waals surface area contributed by atoms with E-state index in [-0.39, 0.29) is 18.3 Å². The Balaban J connectivity index is 1.54. The molecule has 0 bridgehead atoms. The quantitative estimate of drug-likeness (QED) is 0.520. The summed E-state index contributed by atoms with van der Waals surface area (Å²) in [6, 6.07) is 10.3. The first-order valence-electron chi connectivity index (χ1n) is 8.55. The molecule has 126 valence electrons. The van der Waals surface area contributed by atoms with Gasteiger partial charge in [0.05, 0.1) is 17.8 Å². The Kier molecular flexibility index (Phi) is 6.46. The molecular weight excluding hydrogens is 287 g/mol. The van der Waals surface area contributed by atoms with Gasteiger partial charge in [-0.15, -0.1) is 0 Å². The Morgan fingerprint density at radius 1 is 1.00 bits per heavy atom. The molecule has 1 fully saturated rings. The zero-order valence-corrected chi connectivity index (χ0v) is 14.9. The molecular formula is C19H29BO3. The van der Waals surface area contributed by atoms with Crippen LogP contribution in [0.2, 0.25) is 0 Å². The molecule has 0 unspecified atom stereocenters. The minimum atomic E-state index is -0.257. The van der Waals surface area contributed by atoms with Gasteiger partial charge in [-0.2, -0.15) is 0 Å². The summed E-state index contributed by atoms with van der Waals surface area (Å²) in [6.07, 6.45) is 5.36. The van der Waals surface area contributed by atoms with Gasteiger partial charge in [0.15, 0.2) is 0 Å². The third-order valence-corrected chi connectivity index (χ3v) is 4.59. The van der Waals surface area contributed by atoms with Crippen LogP contribution in [0.25, 0.3) is 0 Å². The lowest BCUT2D eigenvalue weighted by Crippen LogP contribution is -2.41. The Morgan fingerprint density at radius 3 is 2.30 bits per heavy atom. The number of ether oxygens (including phenoxy) is 1. The number of allylic oxidation sites excluding steroid dienone is 1. The van der Waals surface area contributed by atoms with Crippen molar-refractivity contribution in [2.45, 2.75) is 64.8 Å². The highest BCUT2D eigenvalue weighted by atomic mass is 16.7. The van der Waals surface area contributed by atoms with Gasteiger partial charge < -0.3 is 14.0 Å². The molecule has 2 rings (SSSR count). The molecule has 1 saturated heterocycles. The van der Waals surface area contributed by atoms with E-state index in [9.17, 15) is 0 Å². The second kappa shape index (κ2) is 8.14. The SMILES string of the molecule is CC1(C)OB(/C=C/CCCCOCc2ccccc2)OC1(C)C. The Morgan fingerprint density at radius 2 is 1.65 bits per heavy atom. The van der Waals surface area contributed by atoms with Gasteiger partial charge >= 0.3 is 7.12 Å². The van der Waals surface area contributed by atoms with Crippen LogP contribution < -0.4 is 0 Å². The summed E-state index contributed by atoms with van der Waals surface area (Å²) in [7, 11) is -0.227. The standard InChI is InChI=1S/C19H29BO3/c1-18(2)19(3,4)23-20(22-18)14-10-5-6-11-15-21-16-17-12-8-7-9-13-17/h7-10,12-14H,5-6,11,15-16H2,1-4H3/b14-10+. The Bertz CT molecular complexity index is 481. The van der Waals surface area contributed by atoms with E-state index in [1.54, 1.807) is 0 Å². The van der Waals surface area contributed by atoms with Crippen LogP contribution in [0, 0.1) is 0 Å². The van der Waals surface area contributed by atoms with Crippen LogP contribution in [0.4, 0.5) is 0 Å². The fraction of sp³-hybridized carbons (Fsp3) is 0.579. The number of unbranched alkanes of at least 4 members (excludes halogenated alkanes) is 2. The molecule has 0 radical (unpaired) electrons. The normalized spacial score (nSPS) is 19.6. The lowest BCUT2D eigenvalue weighted by molar-refractivity contribution is 0.00578. The molecule has 0 atom stereocenters. The molecule has 1 aliphatic rings. The molecule has 3 nitrogen and oxygen atoms in total. The van der Waals surface area contributed by atoms with Crippen molar-refractivity contribution in [3.8, 4) is 0 Å². The molecule has 0 aromatic heterocycles. The third kappa shape index (κ3) is 5.49. The van der Waals surface area contributed by atoms with Gasteiger partial charge in [-0.1, -0.05) is 42.4 Å². The summed E-state index contributed by atoms with van der Waals surface area (Å²) in [4.78, 5) is 0. The van der Waals surface area contributed by atoms with Crippen molar-refractivity contribution in [3.63, 3.8) is 0 Å². The van der Waals surface area contributed by atoms with Crippen LogP contribution in [0.5, 0.6) is 0 Å². The molecule has 1 heterocycles. The number of benzene rings is 1. The summed E-state index contributed by atoms with van der Waals surface area (Å²) in [6.45, 7) is 9.80. The summed E-state index contributed by atoms with van der Waals surface area (Å²) in [5.41, 5.74) is 0.716. The average molecular weight is 316 g/mol. The van der Waals surface area contributed by atoms with Crippen molar-refractivity contribution in [1.82, 2.24) is 0 Å². The van der Waals surface area contributed by atoms with Gasteiger partial charge in [-0.25, -0.2) is 0 Å². The maximum Gasteiger partial charge on any atom is 0.486 e. The van der Waals surface area contributed by atoms with E-state index < -0.39 is 0 Å². The number of rotatable bonds is 8. The summed E-state index contributed by atoms with van der Waals surface area (Å²) in [5, 5.41) is 0. The van der Waals surface area contributed by atoms with Gasteiger partial charge in [-0.3, -0.25) is 0 Å². The lowest BCUT2D eigenvalue weighted by atomic mass is 9.89. The van der Waals surface area contributed by atoms with E-state index in [0.29, 0.717) is 6.61 Å². The minimum absolute atomic E-state index is 0.227. The van der Waals surface area contributed by atoms with Crippen LogP contribution in [0.1, 0.15) is 52.5 Å². The zero-order valence-electron chi connectivity index (χ0n) is 14.9. The van der Waals surface area contributed by atoms with E-state index in [0.717, 1.165) is 25.9 Å². The Labute approximate surface area is 141 Å². The monoisotopic (exact) mass is 316 g/mol. The van der Waals surface area contributed by atoms with Crippen molar-refractivity contribution < 1.29 is 14.0 Å². The first kappa shape index (κ1) is 18.2. The van der Waals surface area contributed by atoms with Crippen molar-refractivity contribution in [1.29, 1.82) is 0 Å². The molecule has 1 aliphatic heterocycles. The van der Waals surface area contributed by atoms with Crippen LogP contribution in [0.15, 0.2) is 42.4 Å². The third-order valence-electron chi connectivity index (χ3n) is 4.59. The fourth-order valence-corrected chi connectivity index (χ4v) is 2.41. The average Bonchev–Trinajstić information content (AvgIpc) is 2.70. The second-order valence-electron chi connectivity index (χ2n) is 7.09. The first-order chi connectivity index (χ1) is 10.9. The Hall–Kier alpha value is -1.10. The lowest BCUT2D eigenvalue weighted by Gasteiger charge is -2.32. The van der Waals surface area contributed by atoms with E-state index in [4.69, 9.17) is 14.0 Å². The fourth-order valence-electron chi connectivity index (χ4n) is 2.41. The summed E-state index contributed by atoms with van der Waals surface area (Å²) < 4.78 is 17.5. The predicted octanol–water partition coefficient (Wildman–Crippen LogP) is 4.56. The number of hydrogen-bond acceptors (Lipinski definition) is 3. The summed E-state index contributed by atoms with van der Waals surface area (Å²) >= 11 is 0. The van der Waals surface area contributed by atoms with Crippen molar-refractivity contribution in [2.24, 2.45) is 0 Å². The maximum atomic E-state index is 5.92. The number of hydrogen-bond donors (Lipinski definition) is 0. The molecule has 4 heteroatoms. The highest BCUT2D eigenvalue weighted by molar-refractivity contribution is 6.51. The van der Waals surface area contributed by atoms with Crippen molar-refractivity contribution in [3.05, 3.63) is 47.9 Å². The second-order valence-corrected chi connectivity index (χ2v) is 7.09. The van der Waals surface area contributed by atoms with E-state index >= 15 is 0 Å². The molecule has 0 spiro atoms. The van der Waals surface area contributed by atoms with Crippen molar-refractivity contribution >= 4 is 7.12 Å². The molecule has 0 amide bonds. The van der Waals surface area contributed by atoms with Crippen LogP contribution in [-0.4, -0.2) is 24.9 Å². The minimum Gasteiger partial charge on any atom is -0.400 e. The molecule has 0 aliphatic carbocycles. The largest absolute Gasteiger partial charge is 0.486 e. The topological polar surface area (TPSA) is 27.7 Å². The summed E-state index contributed by atoms with van der Waals surface area (Å²) in [5.74, 6) is 2.03. The molecule has 23 heavy (non-hydrogen) atoms. The molecule has 1 aromatic carbocycles. The van der Waals surface area contributed by atoms with E-state index in [1.165, 1.54) is 5.56 Å². The van der Waals surface area contributed by atoms with E-state index in [1.807, 2.05) is 24.2 Å². The highest BCUT2D eigenvalue weighted by Crippen LogP contribution is 2.36. The van der Waals surface area contributed by atoms with Crippen LogP contribution in [0.3, 0.4) is 0 Å². The zero-order chi connectivity index (χ0) is 16.8. The van der Waals surface area contributed by atoms with Crippen LogP contribution in [-0.2, 0) is 20.7 Å². The maximum absolute atomic E-state index is 5.92. The van der Waals surface area contributed by atoms with Gasteiger partial charge in [0.1, 0.15) is 0 Å². The highest BCUT2D eigenvalue weighted by Gasteiger charge is 2.49. The van der Waals surface area contributed by atoms with E-state index in [2.05, 4.69) is 45.9 Å². The van der Waals surface area contributed by atoms with Crippen LogP contribution >= 0.6 is 0 Å². The van der Waals surface area contributed by atoms with Gasteiger partial charge in [0.25, 0.3) is 0 Å². The van der Waals surface area contributed by atoms with Gasteiger partial charge in [0, 0.05) is 6.61 Å².